The minimum atomic E-state index is 0.861. The summed E-state index contributed by atoms with van der Waals surface area (Å²) in [5, 5.41) is 9.96. The van der Waals surface area contributed by atoms with Crippen molar-refractivity contribution in [2.75, 3.05) is 24.0 Å². The Morgan fingerprint density at radius 2 is 1.80 bits per heavy atom. The molecule has 102 valence electrons. The van der Waals surface area contributed by atoms with E-state index in [1.165, 1.54) is 0 Å². The molecule has 0 fully saturated rings. The van der Waals surface area contributed by atoms with Gasteiger partial charge >= 0.3 is 0 Å². The zero-order valence-electron chi connectivity index (χ0n) is 11.4. The Bertz CT molecular complexity index is 593. The van der Waals surface area contributed by atoms with Gasteiger partial charge in [0.1, 0.15) is 11.6 Å². The smallest absolute Gasteiger partial charge is 0.129 e. The summed E-state index contributed by atoms with van der Waals surface area (Å²) in [6.07, 6.45) is 0.918. The first-order valence-electron chi connectivity index (χ1n) is 6.66. The van der Waals surface area contributed by atoms with Crippen LogP contribution in [-0.2, 0) is 0 Å². The SMILES string of the molecule is COc1ccc(N2CCC(Nc3ccccc3)=N2)cc1. The van der Waals surface area contributed by atoms with Gasteiger partial charge in [0.05, 0.1) is 12.8 Å². The van der Waals surface area contributed by atoms with Gasteiger partial charge in [0.25, 0.3) is 0 Å². The lowest BCUT2D eigenvalue weighted by atomic mass is 10.3. The number of para-hydroxylation sites is 1. The molecule has 0 atom stereocenters. The highest BCUT2D eigenvalue weighted by Gasteiger charge is 2.15. The summed E-state index contributed by atoms with van der Waals surface area (Å²) in [6, 6.07) is 18.1. The zero-order valence-corrected chi connectivity index (χ0v) is 11.4. The predicted octanol–water partition coefficient (Wildman–Crippen LogP) is 3.33. The molecule has 0 spiro atoms. The van der Waals surface area contributed by atoms with Gasteiger partial charge in [-0.2, -0.15) is 5.10 Å². The molecule has 1 aliphatic heterocycles. The number of benzene rings is 2. The topological polar surface area (TPSA) is 36.9 Å². The second-order valence-electron chi connectivity index (χ2n) is 4.61. The lowest BCUT2D eigenvalue weighted by Crippen LogP contribution is -2.11. The first-order chi connectivity index (χ1) is 9.85. The molecule has 1 N–H and O–H groups in total. The quantitative estimate of drug-likeness (QED) is 0.926. The zero-order chi connectivity index (χ0) is 13.8. The van der Waals surface area contributed by atoms with E-state index < -0.39 is 0 Å². The Balaban J connectivity index is 1.70. The highest BCUT2D eigenvalue weighted by atomic mass is 16.5. The molecule has 2 aromatic carbocycles. The number of hydrazone groups is 1. The van der Waals surface area contributed by atoms with E-state index in [-0.39, 0.29) is 0 Å². The average molecular weight is 267 g/mol. The number of methoxy groups -OCH3 is 1. The van der Waals surface area contributed by atoms with E-state index >= 15 is 0 Å². The van der Waals surface area contributed by atoms with Crippen LogP contribution in [0.1, 0.15) is 6.42 Å². The highest BCUT2D eigenvalue weighted by molar-refractivity contribution is 5.97. The molecule has 0 bridgehead atoms. The van der Waals surface area contributed by atoms with E-state index in [4.69, 9.17) is 4.74 Å². The summed E-state index contributed by atoms with van der Waals surface area (Å²) in [7, 11) is 1.67. The number of rotatable bonds is 3. The van der Waals surface area contributed by atoms with Crippen molar-refractivity contribution in [1.29, 1.82) is 0 Å². The molecule has 0 saturated heterocycles. The largest absolute Gasteiger partial charge is 0.497 e. The van der Waals surface area contributed by atoms with Crippen molar-refractivity contribution in [3.8, 4) is 5.75 Å². The van der Waals surface area contributed by atoms with Gasteiger partial charge in [-0.15, -0.1) is 0 Å². The molecule has 4 nitrogen and oxygen atoms in total. The minimum absolute atomic E-state index is 0.861. The van der Waals surface area contributed by atoms with Gasteiger partial charge in [0.15, 0.2) is 0 Å². The minimum Gasteiger partial charge on any atom is -0.497 e. The van der Waals surface area contributed by atoms with Crippen LogP contribution < -0.4 is 15.1 Å². The Morgan fingerprint density at radius 3 is 2.50 bits per heavy atom. The molecule has 0 unspecified atom stereocenters. The molecular formula is C16H17N3O. The Labute approximate surface area is 118 Å². The molecule has 0 aromatic heterocycles. The fraction of sp³-hybridized carbons (Fsp3) is 0.188. The van der Waals surface area contributed by atoms with Gasteiger partial charge < -0.3 is 10.1 Å². The number of nitrogens with zero attached hydrogens (tertiary/aromatic N) is 2. The van der Waals surface area contributed by atoms with Crippen LogP contribution in [0, 0.1) is 0 Å². The third-order valence-corrected chi connectivity index (χ3v) is 3.23. The van der Waals surface area contributed by atoms with Gasteiger partial charge in [-0.3, -0.25) is 5.01 Å². The molecule has 1 heterocycles. The van der Waals surface area contributed by atoms with E-state index in [0.29, 0.717) is 0 Å². The number of anilines is 2. The number of hydrogen-bond acceptors (Lipinski definition) is 4. The molecule has 20 heavy (non-hydrogen) atoms. The second kappa shape index (κ2) is 5.65. The lowest BCUT2D eigenvalue weighted by Gasteiger charge is -2.13. The van der Waals surface area contributed by atoms with Crippen LogP contribution in [0.15, 0.2) is 59.7 Å². The van der Waals surface area contributed by atoms with E-state index in [9.17, 15) is 0 Å². The fourth-order valence-electron chi connectivity index (χ4n) is 2.17. The van der Waals surface area contributed by atoms with Crippen LogP contribution in [0.25, 0.3) is 0 Å². The number of ether oxygens (including phenoxy) is 1. The van der Waals surface area contributed by atoms with Gasteiger partial charge in [-0.25, -0.2) is 0 Å². The predicted molar refractivity (Wildman–Crippen MR) is 82.5 cm³/mol. The van der Waals surface area contributed by atoms with Crippen LogP contribution in [0.2, 0.25) is 0 Å². The summed E-state index contributed by atoms with van der Waals surface area (Å²) in [5.41, 5.74) is 2.15. The second-order valence-corrected chi connectivity index (χ2v) is 4.61. The van der Waals surface area contributed by atoms with Crippen LogP contribution in [0.3, 0.4) is 0 Å². The third-order valence-electron chi connectivity index (χ3n) is 3.23. The maximum atomic E-state index is 5.17. The van der Waals surface area contributed by atoms with Gasteiger partial charge in [-0.1, -0.05) is 18.2 Å². The maximum Gasteiger partial charge on any atom is 0.129 e. The van der Waals surface area contributed by atoms with E-state index in [1.54, 1.807) is 7.11 Å². The molecule has 4 heteroatoms. The van der Waals surface area contributed by atoms with Crippen molar-refractivity contribution in [2.24, 2.45) is 5.10 Å². The van der Waals surface area contributed by atoms with Crippen molar-refractivity contribution in [2.45, 2.75) is 6.42 Å². The Kier molecular flexibility index (Phi) is 3.54. The summed E-state index contributed by atoms with van der Waals surface area (Å²) in [6.45, 7) is 0.890. The van der Waals surface area contributed by atoms with Crippen LogP contribution in [-0.4, -0.2) is 19.5 Å². The fourth-order valence-corrected chi connectivity index (χ4v) is 2.17. The average Bonchev–Trinajstić information content (AvgIpc) is 2.97. The normalized spacial score (nSPS) is 14.1. The van der Waals surface area contributed by atoms with E-state index in [2.05, 4.69) is 10.4 Å². The van der Waals surface area contributed by atoms with Gasteiger partial charge in [0.2, 0.25) is 0 Å². The van der Waals surface area contributed by atoms with Crippen molar-refractivity contribution >= 4 is 17.2 Å². The monoisotopic (exact) mass is 267 g/mol. The third kappa shape index (κ3) is 2.74. The Hall–Kier alpha value is -2.49. The lowest BCUT2D eigenvalue weighted by molar-refractivity contribution is 0.415. The van der Waals surface area contributed by atoms with Gasteiger partial charge in [-0.05, 0) is 36.4 Å². The first kappa shape index (κ1) is 12.5. The summed E-state index contributed by atoms with van der Waals surface area (Å²) in [4.78, 5) is 0. The molecule has 0 saturated carbocycles. The molecule has 1 aliphatic rings. The van der Waals surface area contributed by atoms with Crippen molar-refractivity contribution in [3.05, 3.63) is 54.6 Å². The van der Waals surface area contributed by atoms with Crippen molar-refractivity contribution in [3.63, 3.8) is 0 Å². The summed E-state index contributed by atoms with van der Waals surface area (Å²) < 4.78 is 5.17. The van der Waals surface area contributed by atoms with Crippen molar-refractivity contribution < 1.29 is 4.74 Å². The Morgan fingerprint density at radius 1 is 1.05 bits per heavy atom. The maximum absolute atomic E-state index is 5.17. The number of hydrogen-bond donors (Lipinski definition) is 1. The standard InChI is InChI=1S/C16H17N3O/c1-20-15-9-7-14(8-10-15)19-12-11-16(18-19)17-13-5-3-2-4-6-13/h2-10H,11-12H2,1H3,(H,17,18). The molecule has 2 aromatic rings. The molecule has 0 radical (unpaired) electrons. The molecule has 3 rings (SSSR count). The number of amidine groups is 1. The van der Waals surface area contributed by atoms with Crippen LogP contribution in [0.4, 0.5) is 11.4 Å². The summed E-state index contributed by atoms with van der Waals surface area (Å²) in [5.74, 6) is 1.85. The molecule has 0 amide bonds. The van der Waals surface area contributed by atoms with Crippen molar-refractivity contribution in [1.82, 2.24) is 0 Å². The van der Waals surface area contributed by atoms with Gasteiger partial charge in [0, 0.05) is 18.7 Å². The highest BCUT2D eigenvalue weighted by Crippen LogP contribution is 2.22. The molecule has 0 aliphatic carbocycles. The van der Waals surface area contributed by atoms with Crippen LogP contribution in [0.5, 0.6) is 5.75 Å². The molecular weight excluding hydrogens is 250 g/mol. The van der Waals surface area contributed by atoms with E-state index in [0.717, 1.165) is 35.9 Å². The number of nitrogens with one attached hydrogen (secondary N) is 1. The first-order valence-corrected chi connectivity index (χ1v) is 6.66. The van der Waals surface area contributed by atoms with Crippen LogP contribution >= 0.6 is 0 Å². The van der Waals surface area contributed by atoms with E-state index in [1.807, 2.05) is 59.6 Å². The summed E-state index contributed by atoms with van der Waals surface area (Å²) >= 11 is 0.